The van der Waals surface area contributed by atoms with Crippen LogP contribution >= 0.6 is 0 Å². The van der Waals surface area contributed by atoms with Crippen molar-refractivity contribution >= 4 is 5.91 Å². The van der Waals surface area contributed by atoms with Crippen molar-refractivity contribution in [3.8, 4) is 11.5 Å². The van der Waals surface area contributed by atoms with Crippen molar-refractivity contribution in [3.05, 3.63) is 23.8 Å². The Morgan fingerprint density at radius 2 is 2.11 bits per heavy atom. The molecule has 98 valence electrons. The van der Waals surface area contributed by atoms with Crippen LogP contribution in [0.2, 0.25) is 0 Å². The number of hydrogen-bond donors (Lipinski definition) is 3. The zero-order valence-electron chi connectivity index (χ0n) is 10.6. The largest absolute Gasteiger partial charge is 0.504 e. The van der Waals surface area contributed by atoms with Gasteiger partial charge in [-0.3, -0.25) is 4.79 Å². The number of phenolic OH excluding ortho intramolecular Hbond substituents is 2. The molecule has 0 bridgehead atoms. The maximum Gasteiger partial charge on any atom is 0.255 e. The average Bonchev–Trinajstić information content (AvgIpc) is 3.11. The van der Waals surface area contributed by atoms with Crippen LogP contribution in [0.1, 0.15) is 43.0 Å². The minimum atomic E-state index is -0.352. The van der Waals surface area contributed by atoms with Crippen molar-refractivity contribution in [2.75, 3.05) is 6.54 Å². The Balaban J connectivity index is 1.98. The van der Waals surface area contributed by atoms with Crippen LogP contribution in [-0.2, 0) is 0 Å². The lowest BCUT2D eigenvalue weighted by Crippen LogP contribution is -2.30. The van der Waals surface area contributed by atoms with Crippen LogP contribution < -0.4 is 5.32 Å². The Hall–Kier alpha value is -1.71. The summed E-state index contributed by atoms with van der Waals surface area (Å²) < 4.78 is 0. The van der Waals surface area contributed by atoms with Gasteiger partial charge in [0.15, 0.2) is 11.5 Å². The molecule has 1 aliphatic carbocycles. The fraction of sp³-hybridized carbons (Fsp3) is 0.500. The monoisotopic (exact) mass is 249 g/mol. The van der Waals surface area contributed by atoms with Crippen LogP contribution in [0.4, 0.5) is 0 Å². The number of benzene rings is 1. The summed E-state index contributed by atoms with van der Waals surface area (Å²) in [5.74, 6) is -0.946. The molecule has 1 saturated carbocycles. The number of amides is 1. The Morgan fingerprint density at radius 3 is 2.72 bits per heavy atom. The summed E-state index contributed by atoms with van der Waals surface area (Å²) in [5, 5.41) is 21.8. The maximum absolute atomic E-state index is 11.9. The van der Waals surface area contributed by atoms with E-state index in [1.807, 2.05) is 0 Å². The third-order valence-corrected chi connectivity index (χ3v) is 3.62. The molecule has 0 aliphatic heterocycles. The Bertz CT molecular complexity index is 452. The first-order chi connectivity index (χ1) is 8.58. The van der Waals surface area contributed by atoms with E-state index in [4.69, 9.17) is 0 Å². The minimum Gasteiger partial charge on any atom is -0.504 e. The number of aromatic hydroxyl groups is 2. The van der Waals surface area contributed by atoms with Gasteiger partial charge in [0.25, 0.3) is 5.91 Å². The second-order valence-electron chi connectivity index (χ2n) is 5.11. The molecule has 0 heterocycles. The molecule has 0 saturated heterocycles. The van der Waals surface area contributed by atoms with Gasteiger partial charge in [-0.2, -0.15) is 0 Å². The Labute approximate surface area is 107 Å². The predicted molar refractivity (Wildman–Crippen MR) is 68.7 cm³/mol. The van der Waals surface area contributed by atoms with Gasteiger partial charge in [0, 0.05) is 6.54 Å². The summed E-state index contributed by atoms with van der Waals surface area (Å²) in [6, 6.07) is 4.40. The van der Waals surface area contributed by atoms with E-state index in [-0.39, 0.29) is 28.4 Å². The normalized spacial score (nSPS) is 16.3. The average molecular weight is 249 g/mol. The number of para-hydroxylation sites is 1. The Kier molecular flexibility index (Phi) is 3.45. The number of hydrogen-bond acceptors (Lipinski definition) is 3. The summed E-state index contributed by atoms with van der Waals surface area (Å²) in [5.41, 5.74) is 0.402. The first kappa shape index (κ1) is 12.7. The van der Waals surface area contributed by atoms with Gasteiger partial charge < -0.3 is 15.5 Å². The van der Waals surface area contributed by atoms with Crippen molar-refractivity contribution in [3.63, 3.8) is 0 Å². The molecule has 0 spiro atoms. The van der Waals surface area contributed by atoms with Gasteiger partial charge >= 0.3 is 0 Å². The summed E-state index contributed by atoms with van der Waals surface area (Å²) in [4.78, 5) is 11.9. The lowest BCUT2D eigenvalue weighted by Gasteiger charge is -2.15. The number of rotatable bonds is 5. The van der Waals surface area contributed by atoms with Gasteiger partial charge in [-0.05, 0) is 36.8 Å². The zero-order valence-corrected chi connectivity index (χ0v) is 10.6. The molecule has 1 fully saturated rings. The topological polar surface area (TPSA) is 69.6 Å². The highest BCUT2D eigenvalue weighted by molar-refractivity contribution is 5.97. The molecule has 1 amide bonds. The molecule has 1 aliphatic rings. The molecule has 0 atom stereocenters. The van der Waals surface area contributed by atoms with Crippen LogP contribution in [0.15, 0.2) is 18.2 Å². The Morgan fingerprint density at radius 1 is 1.39 bits per heavy atom. The second kappa shape index (κ2) is 4.88. The van der Waals surface area contributed by atoms with Crippen LogP contribution in [-0.4, -0.2) is 22.7 Å². The van der Waals surface area contributed by atoms with Gasteiger partial charge in [-0.15, -0.1) is 0 Å². The summed E-state index contributed by atoms with van der Waals surface area (Å²) in [7, 11) is 0. The lowest BCUT2D eigenvalue weighted by molar-refractivity contribution is 0.0940. The lowest BCUT2D eigenvalue weighted by atomic mass is 10.0. The molecule has 2 rings (SSSR count). The van der Waals surface area contributed by atoms with Crippen molar-refractivity contribution in [2.24, 2.45) is 5.41 Å². The molecule has 4 heteroatoms. The van der Waals surface area contributed by atoms with Crippen molar-refractivity contribution in [1.82, 2.24) is 5.32 Å². The summed E-state index contributed by atoms with van der Waals surface area (Å²) >= 11 is 0. The van der Waals surface area contributed by atoms with Gasteiger partial charge in [0.2, 0.25) is 0 Å². The fourth-order valence-electron chi connectivity index (χ4n) is 2.30. The highest BCUT2D eigenvalue weighted by Crippen LogP contribution is 2.49. The van der Waals surface area contributed by atoms with Gasteiger partial charge in [0.05, 0.1) is 5.56 Å². The highest BCUT2D eigenvalue weighted by atomic mass is 16.3. The van der Waals surface area contributed by atoms with Crippen molar-refractivity contribution in [2.45, 2.75) is 32.6 Å². The van der Waals surface area contributed by atoms with Gasteiger partial charge in [-0.25, -0.2) is 0 Å². The first-order valence-corrected chi connectivity index (χ1v) is 6.37. The predicted octanol–water partition coefficient (Wildman–Crippen LogP) is 2.41. The van der Waals surface area contributed by atoms with Gasteiger partial charge in [-0.1, -0.05) is 19.4 Å². The standard InChI is InChI=1S/C14H19NO3/c1-2-6-14(7-8-14)9-15-13(18)10-4-3-5-11(16)12(10)17/h3-5,16-17H,2,6-9H2,1H3,(H,15,18). The van der Waals surface area contributed by atoms with E-state index in [1.54, 1.807) is 6.07 Å². The van der Waals surface area contributed by atoms with E-state index in [2.05, 4.69) is 12.2 Å². The first-order valence-electron chi connectivity index (χ1n) is 6.37. The maximum atomic E-state index is 11.9. The van der Waals surface area contributed by atoms with Crippen molar-refractivity contribution < 1.29 is 15.0 Å². The number of phenols is 2. The smallest absolute Gasteiger partial charge is 0.255 e. The second-order valence-corrected chi connectivity index (χ2v) is 5.11. The van der Waals surface area contributed by atoms with E-state index in [0.717, 1.165) is 25.7 Å². The molecule has 1 aromatic rings. The molecule has 0 radical (unpaired) electrons. The molecule has 0 unspecified atom stereocenters. The third kappa shape index (κ3) is 2.58. The van der Waals surface area contributed by atoms with E-state index < -0.39 is 0 Å². The van der Waals surface area contributed by atoms with E-state index in [9.17, 15) is 15.0 Å². The molecule has 18 heavy (non-hydrogen) atoms. The van der Waals surface area contributed by atoms with Crippen LogP contribution in [0.5, 0.6) is 11.5 Å². The van der Waals surface area contributed by atoms with E-state index in [0.29, 0.717) is 6.54 Å². The van der Waals surface area contributed by atoms with Crippen LogP contribution in [0, 0.1) is 5.41 Å². The fourth-order valence-corrected chi connectivity index (χ4v) is 2.30. The number of nitrogens with one attached hydrogen (secondary N) is 1. The summed E-state index contributed by atoms with van der Waals surface area (Å²) in [6.07, 6.45) is 4.56. The molecule has 0 aromatic heterocycles. The molecule has 4 nitrogen and oxygen atoms in total. The minimum absolute atomic E-state index is 0.127. The number of carbonyl (C=O) groups is 1. The van der Waals surface area contributed by atoms with Crippen LogP contribution in [0.25, 0.3) is 0 Å². The third-order valence-electron chi connectivity index (χ3n) is 3.62. The number of carbonyl (C=O) groups excluding carboxylic acids is 1. The molecule has 3 N–H and O–H groups in total. The summed E-state index contributed by atoms with van der Waals surface area (Å²) in [6.45, 7) is 2.79. The SMILES string of the molecule is CCCC1(CNC(=O)c2cccc(O)c2O)CC1. The van der Waals surface area contributed by atoms with E-state index >= 15 is 0 Å². The van der Waals surface area contributed by atoms with Crippen LogP contribution in [0.3, 0.4) is 0 Å². The zero-order chi connectivity index (χ0) is 13.2. The molecular weight excluding hydrogens is 230 g/mol. The quantitative estimate of drug-likeness (QED) is 0.702. The highest BCUT2D eigenvalue weighted by Gasteiger charge is 2.41. The molecule has 1 aromatic carbocycles. The van der Waals surface area contributed by atoms with E-state index in [1.165, 1.54) is 12.1 Å². The molecular formula is C14H19NO3. The van der Waals surface area contributed by atoms with Crippen molar-refractivity contribution in [1.29, 1.82) is 0 Å². The van der Waals surface area contributed by atoms with Gasteiger partial charge in [0.1, 0.15) is 0 Å².